The number of hydrogen-bond donors (Lipinski definition) is 0. The zero-order valence-electron chi connectivity index (χ0n) is 18.9. The average Bonchev–Trinajstić information content (AvgIpc) is 2.83. The molecule has 0 N–H and O–H groups in total. The summed E-state index contributed by atoms with van der Waals surface area (Å²) in [5.74, 6) is 0.756. The number of carbonyl (C=O) groups excluding carboxylic acids is 1. The number of ether oxygens (including phenoxy) is 3. The van der Waals surface area contributed by atoms with Crippen LogP contribution in [0.1, 0.15) is 32.2 Å². The number of aryl methyl sites for hydroxylation is 1. The fourth-order valence-electron chi connectivity index (χ4n) is 3.12. The Morgan fingerprint density at radius 1 is 1.21 bits per heavy atom. The van der Waals surface area contributed by atoms with Crippen LogP contribution in [0, 0.1) is 0 Å². The summed E-state index contributed by atoms with van der Waals surface area (Å²) in [6.07, 6.45) is 1.21. The smallest absolute Gasteiger partial charge is 0.346 e. The average molecular weight is 660 g/mol. The predicted octanol–water partition coefficient (Wildman–Crippen LogP) is 5.47. The number of rotatable bonds is 8. The Kier molecular flexibility index (Phi) is 8.89. The molecule has 0 aliphatic carbocycles. The van der Waals surface area contributed by atoms with Crippen LogP contribution in [0.3, 0.4) is 0 Å². The van der Waals surface area contributed by atoms with Gasteiger partial charge >= 0.3 is 5.97 Å². The minimum atomic E-state index is -0.847. The molecule has 0 aliphatic rings. The van der Waals surface area contributed by atoms with Crippen molar-refractivity contribution in [2.24, 2.45) is 5.10 Å². The first-order chi connectivity index (χ1) is 16.2. The van der Waals surface area contributed by atoms with Gasteiger partial charge in [-0.05, 0) is 70.0 Å². The molecule has 1 heterocycles. The van der Waals surface area contributed by atoms with Gasteiger partial charge in [-0.3, -0.25) is 4.79 Å². The summed E-state index contributed by atoms with van der Waals surface area (Å²) >= 11 is 10.4. The van der Waals surface area contributed by atoms with Gasteiger partial charge in [0.15, 0.2) is 17.6 Å². The molecule has 0 saturated heterocycles. The summed E-state index contributed by atoms with van der Waals surface area (Å²) in [5.41, 5.74) is 0.962. The molecule has 0 saturated carbocycles. The van der Waals surface area contributed by atoms with Crippen molar-refractivity contribution in [3.63, 3.8) is 0 Å². The molecule has 0 radical (unpaired) electrons. The third-order valence-corrected chi connectivity index (χ3v) is 7.42. The van der Waals surface area contributed by atoms with E-state index in [9.17, 15) is 9.59 Å². The van der Waals surface area contributed by atoms with Gasteiger partial charge in [0.05, 0.1) is 35.3 Å². The lowest BCUT2D eigenvalue weighted by molar-refractivity contribution is -0.148. The largest absolute Gasteiger partial charge is 0.490 e. The summed E-state index contributed by atoms with van der Waals surface area (Å²) < 4.78 is 19.5. The molecule has 3 rings (SSSR count). The van der Waals surface area contributed by atoms with Gasteiger partial charge in [-0.1, -0.05) is 22.9 Å². The second-order valence-corrected chi connectivity index (χ2v) is 9.54. The molecule has 0 fully saturated rings. The maximum atomic E-state index is 13.1. The van der Waals surface area contributed by atoms with E-state index in [1.807, 2.05) is 19.9 Å². The topological polar surface area (TPSA) is 92.0 Å². The predicted molar refractivity (Wildman–Crippen MR) is 141 cm³/mol. The van der Waals surface area contributed by atoms with Crippen molar-refractivity contribution in [3.05, 3.63) is 59.4 Å². The number of nitrogens with zero attached hydrogens (tertiary/aromatic N) is 3. The molecule has 11 heteroatoms. The second kappa shape index (κ2) is 11.5. The van der Waals surface area contributed by atoms with Crippen molar-refractivity contribution >= 4 is 70.9 Å². The standard InChI is InChI=1S/C23H22Br3N3O5/c1-5-18-28-16-8-7-14(24)10-15(16)22(30)29(18)27-11-13-9-17(33-6-2)21(20(26)19(13)25)34-12(3)23(31)32-4/h7-12H,5-6H2,1-4H3/t12-/m0/s1. The monoisotopic (exact) mass is 657 g/mol. The van der Waals surface area contributed by atoms with Gasteiger partial charge in [0.25, 0.3) is 5.56 Å². The zero-order chi connectivity index (χ0) is 25.0. The van der Waals surface area contributed by atoms with E-state index in [-0.39, 0.29) is 5.56 Å². The molecule has 3 aromatic rings. The van der Waals surface area contributed by atoms with Gasteiger partial charge in [0.1, 0.15) is 5.82 Å². The summed E-state index contributed by atoms with van der Waals surface area (Å²) in [5, 5.41) is 4.90. The third-order valence-electron chi connectivity index (χ3n) is 4.79. The Morgan fingerprint density at radius 3 is 2.59 bits per heavy atom. The van der Waals surface area contributed by atoms with E-state index in [2.05, 4.69) is 57.9 Å². The van der Waals surface area contributed by atoms with E-state index in [1.54, 1.807) is 25.1 Å². The molecule has 1 aromatic heterocycles. The van der Waals surface area contributed by atoms with E-state index in [1.165, 1.54) is 18.0 Å². The normalized spacial score (nSPS) is 12.2. The highest BCUT2D eigenvalue weighted by molar-refractivity contribution is 9.13. The Morgan fingerprint density at radius 2 is 1.94 bits per heavy atom. The highest BCUT2D eigenvalue weighted by atomic mass is 79.9. The SMILES string of the molecule is CCOc1cc(C=Nn2c(CC)nc3ccc(Br)cc3c2=O)c(Br)c(Br)c1O[C@@H](C)C(=O)OC. The molecule has 8 nitrogen and oxygen atoms in total. The lowest BCUT2D eigenvalue weighted by Crippen LogP contribution is -2.25. The minimum absolute atomic E-state index is 0.272. The zero-order valence-corrected chi connectivity index (χ0v) is 23.7. The maximum Gasteiger partial charge on any atom is 0.346 e. The number of esters is 1. The van der Waals surface area contributed by atoms with Gasteiger partial charge in [-0.2, -0.15) is 9.78 Å². The molecular weight excluding hydrogens is 638 g/mol. The second-order valence-electron chi connectivity index (χ2n) is 7.04. The molecular formula is C23H22Br3N3O5. The number of hydrogen-bond acceptors (Lipinski definition) is 7. The van der Waals surface area contributed by atoms with Crippen LogP contribution in [0.25, 0.3) is 10.9 Å². The first-order valence-electron chi connectivity index (χ1n) is 10.4. The fraction of sp³-hybridized carbons (Fsp3) is 0.304. The van der Waals surface area contributed by atoms with E-state index in [4.69, 9.17) is 14.2 Å². The van der Waals surface area contributed by atoms with E-state index in [0.717, 1.165) is 4.47 Å². The number of fused-ring (bicyclic) bond motifs is 1. The first-order valence-corrected chi connectivity index (χ1v) is 12.7. The van der Waals surface area contributed by atoms with Crippen LogP contribution < -0.4 is 15.0 Å². The molecule has 0 spiro atoms. The van der Waals surface area contributed by atoms with Crippen molar-refractivity contribution in [1.29, 1.82) is 0 Å². The van der Waals surface area contributed by atoms with Gasteiger partial charge in [0, 0.05) is 20.9 Å². The van der Waals surface area contributed by atoms with Crippen molar-refractivity contribution in [2.45, 2.75) is 33.3 Å². The summed E-state index contributed by atoms with van der Waals surface area (Å²) in [6.45, 7) is 5.70. The van der Waals surface area contributed by atoms with Crippen LogP contribution >= 0.6 is 47.8 Å². The number of carbonyl (C=O) groups is 1. The molecule has 0 bridgehead atoms. The maximum absolute atomic E-state index is 13.1. The number of benzene rings is 2. The van der Waals surface area contributed by atoms with Gasteiger partial charge in [0.2, 0.25) is 0 Å². The molecule has 0 aliphatic heterocycles. The highest BCUT2D eigenvalue weighted by Gasteiger charge is 2.23. The van der Waals surface area contributed by atoms with E-state index < -0.39 is 12.1 Å². The van der Waals surface area contributed by atoms with Crippen LogP contribution in [-0.4, -0.2) is 41.7 Å². The summed E-state index contributed by atoms with van der Waals surface area (Å²) in [6, 6.07) is 7.08. The van der Waals surface area contributed by atoms with Crippen LogP contribution in [0.2, 0.25) is 0 Å². The van der Waals surface area contributed by atoms with Crippen LogP contribution in [0.4, 0.5) is 0 Å². The fourth-order valence-corrected chi connectivity index (χ4v) is 4.40. The van der Waals surface area contributed by atoms with E-state index in [0.29, 0.717) is 55.8 Å². The summed E-state index contributed by atoms with van der Waals surface area (Å²) in [7, 11) is 1.29. The Bertz CT molecular complexity index is 1320. The van der Waals surface area contributed by atoms with Crippen molar-refractivity contribution < 1.29 is 19.0 Å². The van der Waals surface area contributed by atoms with Crippen molar-refractivity contribution in [2.75, 3.05) is 13.7 Å². The lowest BCUT2D eigenvalue weighted by atomic mass is 10.2. The number of aromatic nitrogens is 2. The molecule has 0 amide bonds. The number of halogens is 3. The number of methoxy groups -OCH3 is 1. The minimum Gasteiger partial charge on any atom is -0.490 e. The summed E-state index contributed by atoms with van der Waals surface area (Å²) in [4.78, 5) is 29.6. The Hall–Kier alpha value is -2.24. The van der Waals surface area contributed by atoms with Crippen LogP contribution in [0.15, 0.2) is 47.6 Å². The van der Waals surface area contributed by atoms with Crippen LogP contribution in [-0.2, 0) is 16.0 Å². The third kappa shape index (κ3) is 5.52. The molecule has 1 atom stereocenters. The lowest BCUT2D eigenvalue weighted by Gasteiger charge is -2.19. The van der Waals surface area contributed by atoms with Gasteiger partial charge in [-0.15, -0.1) is 0 Å². The van der Waals surface area contributed by atoms with Crippen molar-refractivity contribution in [1.82, 2.24) is 9.66 Å². The molecule has 2 aromatic carbocycles. The van der Waals surface area contributed by atoms with E-state index >= 15 is 0 Å². The Labute approximate surface area is 221 Å². The first kappa shape index (κ1) is 26.4. The van der Waals surface area contributed by atoms with Crippen LogP contribution in [0.5, 0.6) is 11.5 Å². The molecule has 0 unspecified atom stereocenters. The molecule has 34 heavy (non-hydrogen) atoms. The highest BCUT2D eigenvalue weighted by Crippen LogP contribution is 2.43. The van der Waals surface area contributed by atoms with Gasteiger partial charge < -0.3 is 14.2 Å². The Balaban J connectivity index is 2.10. The quantitative estimate of drug-likeness (QED) is 0.235. The van der Waals surface area contributed by atoms with Gasteiger partial charge in [-0.25, -0.2) is 9.78 Å². The molecule has 180 valence electrons. The van der Waals surface area contributed by atoms with Crippen molar-refractivity contribution in [3.8, 4) is 11.5 Å².